The zero-order valence-corrected chi connectivity index (χ0v) is 11.2. The predicted octanol–water partition coefficient (Wildman–Crippen LogP) is 2.71. The van der Waals surface area contributed by atoms with Crippen molar-refractivity contribution >= 4 is 23.4 Å². The highest BCUT2D eigenvalue weighted by Crippen LogP contribution is 2.32. The van der Waals surface area contributed by atoms with Gasteiger partial charge in [-0.3, -0.25) is 0 Å². The maximum atomic E-state index is 6.15. The smallest absolute Gasteiger partial charge is 0.222 e. The lowest BCUT2D eigenvalue weighted by Crippen LogP contribution is -2.21. The van der Waals surface area contributed by atoms with Crippen LogP contribution in [0.2, 0.25) is 5.02 Å². The summed E-state index contributed by atoms with van der Waals surface area (Å²) in [6.07, 6.45) is 2.67. The molecule has 1 aliphatic heterocycles. The fraction of sp³-hybridized carbons (Fsp3) is 0.286. The molecule has 2 heterocycles. The van der Waals surface area contributed by atoms with Crippen LogP contribution in [-0.4, -0.2) is 23.1 Å². The standard InChI is InChI=1S/C14H15ClN4/c15-12-8-17-14(16)18-13(12)19-7-6-11(9-19)10-4-2-1-3-5-10/h1-5,8,11H,6-7,9H2,(H2,16,17,18). The molecule has 1 aromatic carbocycles. The van der Waals surface area contributed by atoms with E-state index in [-0.39, 0.29) is 5.95 Å². The van der Waals surface area contributed by atoms with E-state index in [0.29, 0.717) is 10.9 Å². The van der Waals surface area contributed by atoms with Crippen LogP contribution in [0, 0.1) is 0 Å². The third-order valence-electron chi connectivity index (χ3n) is 3.50. The van der Waals surface area contributed by atoms with Crippen molar-refractivity contribution < 1.29 is 0 Å². The summed E-state index contributed by atoms with van der Waals surface area (Å²) in [5.74, 6) is 1.53. The van der Waals surface area contributed by atoms with Gasteiger partial charge in [-0.25, -0.2) is 4.98 Å². The van der Waals surface area contributed by atoms with Crippen LogP contribution in [0.1, 0.15) is 17.9 Å². The average molecular weight is 275 g/mol. The lowest BCUT2D eigenvalue weighted by Gasteiger charge is -2.18. The normalized spacial score (nSPS) is 18.8. The Morgan fingerprint density at radius 2 is 2.05 bits per heavy atom. The van der Waals surface area contributed by atoms with Gasteiger partial charge in [0.25, 0.3) is 0 Å². The molecule has 19 heavy (non-hydrogen) atoms. The first kappa shape index (κ1) is 12.2. The molecule has 1 aromatic heterocycles. The highest BCUT2D eigenvalue weighted by atomic mass is 35.5. The zero-order valence-electron chi connectivity index (χ0n) is 10.5. The monoisotopic (exact) mass is 274 g/mol. The number of aromatic nitrogens is 2. The molecule has 3 rings (SSSR count). The first-order chi connectivity index (χ1) is 9.24. The molecule has 0 radical (unpaired) electrons. The van der Waals surface area contributed by atoms with E-state index in [2.05, 4.69) is 39.1 Å². The Labute approximate surface area is 117 Å². The maximum absolute atomic E-state index is 6.15. The molecular weight excluding hydrogens is 260 g/mol. The number of benzene rings is 1. The summed E-state index contributed by atoms with van der Waals surface area (Å²) in [7, 11) is 0. The molecule has 0 spiro atoms. The first-order valence-corrected chi connectivity index (χ1v) is 6.70. The van der Waals surface area contributed by atoms with Crippen molar-refractivity contribution in [3.63, 3.8) is 0 Å². The summed E-state index contributed by atoms with van der Waals surface area (Å²) >= 11 is 6.15. The Bertz CT molecular complexity index is 573. The summed E-state index contributed by atoms with van der Waals surface area (Å²) in [5.41, 5.74) is 7.00. The number of nitrogen functional groups attached to an aromatic ring is 1. The Morgan fingerprint density at radius 1 is 1.26 bits per heavy atom. The number of nitrogens with zero attached hydrogens (tertiary/aromatic N) is 3. The first-order valence-electron chi connectivity index (χ1n) is 6.32. The second-order valence-corrected chi connectivity index (χ2v) is 5.15. The zero-order chi connectivity index (χ0) is 13.2. The molecular formula is C14H15ClN4. The van der Waals surface area contributed by atoms with Crippen LogP contribution in [0.25, 0.3) is 0 Å². The summed E-state index contributed by atoms with van der Waals surface area (Å²) in [6.45, 7) is 1.86. The third kappa shape index (κ3) is 2.49. The van der Waals surface area contributed by atoms with Crippen LogP contribution >= 0.6 is 11.6 Å². The van der Waals surface area contributed by atoms with Gasteiger partial charge in [0.1, 0.15) is 5.02 Å². The highest BCUT2D eigenvalue weighted by molar-refractivity contribution is 6.32. The molecule has 1 fully saturated rings. The van der Waals surface area contributed by atoms with E-state index in [1.807, 2.05) is 6.07 Å². The van der Waals surface area contributed by atoms with E-state index >= 15 is 0 Å². The van der Waals surface area contributed by atoms with Gasteiger partial charge in [-0.1, -0.05) is 41.9 Å². The van der Waals surface area contributed by atoms with Crippen LogP contribution in [-0.2, 0) is 0 Å². The molecule has 1 atom stereocenters. The van der Waals surface area contributed by atoms with Crippen LogP contribution in [0.3, 0.4) is 0 Å². The lowest BCUT2D eigenvalue weighted by atomic mass is 9.99. The molecule has 2 aromatic rings. The van der Waals surface area contributed by atoms with Crippen LogP contribution in [0.15, 0.2) is 36.5 Å². The van der Waals surface area contributed by atoms with Crippen molar-refractivity contribution in [2.45, 2.75) is 12.3 Å². The largest absolute Gasteiger partial charge is 0.368 e. The predicted molar refractivity (Wildman–Crippen MR) is 77.5 cm³/mol. The SMILES string of the molecule is Nc1ncc(Cl)c(N2CCC(c3ccccc3)C2)n1. The van der Waals surface area contributed by atoms with E-state index in [4.69, 9.17) is 17.3 Å². The Hall–Kier alpha value is -1.81. The van der Waals surface area contributed by atoms with Crippen LogP contribution < -0.4 is 10.6 Å². The molecule has 0 aliphatic carbocycles. The van der Waals surface area contributed by atoms with E-state index in [9.17, 15) is 0 Å². The van der Waals surface area contributed by atoms with Gasteiger partial charge in [0.15, 0.2) is 5.82 Å². The molecule has 2 N–H and O–H groups in total. The number of nitrogens with two attached hydrogens (primary N) is 1. The minimum absolute atomic E-state index is 0.266. The Kier molecular flexibility index (Phi) is 3.25. The minimum Gasteiger partial charge on any atom is -0.368 e. The van der Waals surface area contributed by atoms with Gasteiger partial charge in [0, 0.05) is 19.0 Å². The Balaban J connectivity index is 1.81. The van der Waals surface area contributed by atoms with Gasteiger partial charge in [-0.15, -0.1) is 0 Å². The number of hydrogen-bond acceptors (Lipinski definition) is 4. The summed E-state index contributed by atoms with van der Waals surface area (Å²) in [5, 5.41) is 0.558. The second-order valence-electron chi connectivity index (χ2n) is 4.74. The highest BCUT2D eigenvalue weighted by Gasteiger charge is 2.26. The molecule has 0 saturated carbocycles. The van der Waals surface area contributed by atoms with Gasteiger partial charge in [0.2, 0.25) is 5.95 Å². The number of anilines is 2. The van der Waals surface area contributed by atoms with Crippen molar-refractivity contribution in [3.05, 3.63) is 47.1 Å². The van der Waals surface area contributed by atoms with Gasteiger partial charge < -0.3 is 10.6 Å². The molecule has 1 saturated heterocycles. The Morgan fingerprint density at radius 3 is 2.84 bits per heavy atom. The topological polar surface area (TPSA) is 55.0 Å². The third-order valence-corrected chi connectivity index (χ3v) is 3.77. The fourth-order valence-corrected chi connectivity index (χ4v) is 2.75. The van der Waals surface area contributed by atoms with Crippen LogP contribution in [0.4, 0.5) is 11.8 Å². The van der Waals surface area contributed by atoms with Crippen molar-refractivity contribution in [2.75, 3.05) is 23.7 Å². The van der Waals surface area contributed by atoms with Gasteiger partial charge in [-0.2, -0.15) is 4.98 Å². The summed E-state index contributed by atoms with van der Waals surface area (Å²) in [6, 6.07) is 10.5. The molecule has 1 aliphatic rings. The van der Waals surface area contributed by atoms with Crippen LogP contribution in [0.5, 0.6) is 0 Å². The number of halogens is 1. The summed E-state index contributed by atoms with van der Waals surface area (Å²) in [4.78, 5) is 10.3. The quantitative estimate of drug-likeness (QED) is 0.915. The van der Waals surface area contributed by atoms with Gasteiger partial charge in [0.05, 0.1) is 6.20 Å². The molecule has 98 valence electrons. The van der Waals surface area contributed by atoms with Crippen molar-refractivity contribution in [2.24, 2.45) is 0 Å². The molecule has 4 nitrogen and oxygen atoms in total. The molecule has 1 unspecified atom stereocenters. The number of hydrogen-bond donors (Lipinski definition) is 1. The van der Waals surface area contributed by atoms with Crippen molar-refractivity contribution in [3.8, 4) is 0 Å². The molecule has 0 amide bonds. The van der Waals surface area contributed by atoms with E-state index in [0.717, 1.165) is 25.3 Å². The van der Waals surface area contributed by atoms with Crippen molar-refractivity contribution in [1.82, 2.24) is 9.97 Å². The summed E-state index contributed by atoms with van der Waals surface area (Å²) < 4.78 is 0. The number of rotatable bonds is 2. The van der Waals surface area contributed by atoms with E-state index < -0.39 is 0 Å². The second kappa shape index (κ2) is 5.05. The van der Waals surface area contributed by atoms with E-state index in [1.54, 1.807) is 6.20 Å². The molecule has 5 heteroatoms. The fourth-order valence-electron chi connectivity index (χ4n) is 2.54. The lowest BCUT2D eigenvalue weighted by molar-refractivity contribution is 0.774. The maximum Gasteiger partial charge on any atom is 0.222 e. The molecule has 0 bridgehead atoms. The average Bonchev–Trinajstić information content (AvgIpc) is 2.92. The minimum atomic E-state index is 0.266. The van der Waals surface area contributed by atoms with E-state index in [1.165, 1.54) is 5.56 Å². The van der Waals surface area contributed by atoms with Gasteiger partial charge in [-0.05, 0) is 12.0 Å². The van der Waals surface area contributed by atoms with Gasteiger partial charge >= 0.3 is 0 Å². The van der Waals surface area contributed by atoms with Crippen molar-refractivity contribution in [1.29, 1.82) is 0 Å².